The highest BCUT2D eigenvalue weighted by atomic mass is 16.6. The van der Waals surface area contributed by atoms with E-state index >= 15 is 0 Å². The number of benzene rings is 1. The van der Waals surface area contributed by atoms with Crippen LogP contribution in [0.5, 0.6) is 0 Å². The lowest BCUT2D eigenvalue weighted by Crippen LogP contribution is -2.60. The number of nitrogens with one attached hydrogen (secondary N) is 2. The maximum atomic E-state index is 13.0. The van der Waals surface area contributed by atoms with Gasteiger partial charge in [-0.1, -0.05) is 6.07 Å². The van der Waals surface area contributed by atoms with Gasteiger partial charge in [0.15, 0.2) is 0 Å². The first-order valence-corrected chi connectivity index (χ1v) is 13.0. The average molecular weight is 541 g/mol. The molecule has 4 rings (SSSR count). The number of alkyl carbamates (subject to hydrolysis) is 1. The van der Waals surface area contributed by atoms with Crippen molar-refractivity contribution < 1.29 is 24.2 Å². The van der Waals surface area contributed by atoms with Crippen molar-refractivity contribution in [2.45, 2.75) is 64.7 Å². The largest absolute Gasteiger partial charge is 0.444 e. The second-order valence-electron chi connectivity index (χ2n) is 11.4. The van der Waals surface area contributed by atoms with Gasteiger partial charge in [0, 0.05) is 32.4 Å². The molecule has 1 aliphatic heterocycles. The molecule has 39 heavy (non-hydrogen) atoms. The monoisotopic (exact) mass is 540 g/mol. The molecule has 2 heterocycles. The minimum Gasteiger partial charge on any atom is -0.444 e. The topological polar surface area (TPSA) is 146 Å². The standard InChI is InChI=1S/C27H36N6O6/c1-26(2,3)39-25(38)30-27(4,5)22(35)31-10-12-32(13-11-31)23(36)28-21-8-9-33(24(37)29-21)19-7-6-17-15-20(34)16-18(17)14-19/h6-9,14,20,34H,10-13,15-16H2,1-5H3,(H,30,38)(H,28,29,36,37). The predicted molar refractivity (Wildman–Crippen MR) is 144 cm³/mol. The van der Waals surface area contributed by atoms with Gasteiger partial charge in [-0.3, -0.25) is 14.7 Å². The zero-order valence-electron chi connectivity index (χ0n) is 23.0. The third-order valence-corrected chi connectivity index (χ3v) is 6.62. The molecule has 12 nitrogen and oxygen atoms in total. The Labute approximate surface area is 227 Å². The molecule has 210 valence electrons. The van der Waals surface area contributed by atoms with Crippen molar-refractivity contribution in [3.8, 4) is 5.69 Å². The number of hydrogen-bond donors (Lipinski definition) is 3. The van der Waals surface area contributed by atoms with Crippen LogP contribution in [0, 0.1) is 0 Å². The zero-order valence-corrected chi connectivity index (χ0v) is 23.0. The fourth-order valence-electron chi connectivity index (χ4n) is 4.71. The average Bonchev–Trinajstić information content (AvgIpc) is 3.21. The second-order valence-corrected chi connectivity index (χ2v) is 11.4. The van der Waals surface area contributed by atoms with Gasteiger partial charge in [0.1, 0.15) is 17.0 Å². The highest BCUT2D eigenvalue weighted by Crippen LogP contribution is 2.24. The molecule has 1 aromatic heterocycles. The fraction of sp³-hybridized carbons (Fsp3) is 0.519. The number of rotatable bonds is 4. The van der Waals surface area contributed by atoms with E-state index in [1.807, 2.05) is 18.2 Å². The Morgan fingerprint density at radius 2 is 1.62 bits per heavy atom. The molecule has 0 saturated carbocycles. The number of hydrogen-bond acceptors (Lipinski definition) is 7. The quantitative estimate of drug-likeness (QED) is 0.535. The van der Waals surface area contributed by atoms with Crippen LogP contribution in [0.25, 0.3) is 5.69 Å². The zero-order chi connectivity index (χ0) is 28.5. The predicted octanol–water partition coefficient (Wildman–Crippen LogP) is 1.67. The number of aliphatic hydroxyl groups is 1. The van der Waals surface area contributed by atoms with Gasteiger partial charge in [0.2, 0.25) is 5.91 Å². The van der Waals surface area contributed by atoms with Gasteiger partial charge in [-0.05, 0) is 76.8 Å². The first-order chi connectivity index (χ1) is 18.2. The van der Waals surface area contributed by atoms with Gasteiger partial charge in [0.05, 0.1) is 11.8 Å². The Morgan fingerprint density at radius 3 is 2.26 bits per heavy atom. The summed E-state index contributed by atoms with van der Waals surface area (Å²) in [6.07, 6.45) is 1.63. The number of carbonyl (C=O) groups is 3. The summed E-state index contributed by atoms with van der Waals surface area (Å²) in [6, 6.07) is 6.71. The van der Waals surface area contributed by atoms with E-state index in [0.717, 1.165) is 11.1 Å². The summed E-state index contributed by atoms with van der Waals surface area (Å²) < 4.78 is 6.64. The van der Waals surface area contributed by atoms with E-state index < -0.39 is 35.1 Å². The van der Waals surface area contributed by atoms with E-state index in [1.165, 1.54) is 9.47 Å². The van der Waals surface area contributed by atoms with Crippen LogP contribution in [-0.4, -0.2) is 85.9 Å². The molecule has 1 aromatic carbocycles. The van der Waals surface area contributed by atoms with E-state index in [-0.39, 0.29) is 37.9 Å². The van der Waals surface area contributed by atoms with Crippen molar-refractivity contribution in [2.75, 3.05) is 31.5 Å². The van der Waals surface area contributed by atoms with Gasteiger partial charge < -0.3 is 25.0 Å². The SMILES string of the molecule is CC(C)(C)OC(=O)NC(C)(C)C(=O)N1CCN(C(=O)Nc2ccn(-c3ccc4c(c3)CC(O)C4)c(=O)n2)CC1. The molecule has 12 heteroatoms. The van der Waals surface area contributed by atoms with Gasteiger partial charge in [-0.15, -0.1) is 0 Å². The van der Waals surface area contributed by atoms with Crippen LogP contribution in [0.3, 0.4) is 0 Å². The van der Waals surface area contributed by atoms with Crippen molar-refractivity contribution in [3.63, 3.8) is 0 Å². The number of ether oxygens (including phenoxy) is 1. The summed E-state index contributed by atoms with van der Waals surface area (Å²) in [5.74, 6) is -0.154. The van der Waals surface area contributed by atoms with Crippen molar-refractivity contribution in [1.29, 1.82) is 0 Å². The molecule has 0 bridgehead atoms. The Balaban J connectivity index is 1.32. The number of amides is 4. The first-order valence-electron chi connectivity index (χ1n) is 13.0. The molecule has 4 amide bonds. The molecule has 3 N–H and O–H groups in total. The van der Waals surface area contributed by atoms with Crippen molar-refractivity contribution in [1.82, 2.24) is 24.7 Å². The number of nitrogens with zero attached hydrogens (tertiary/aromatic N) is 4. The Morgan fingerprint density at radius 1 is 0.974 bits per heavy atom. The van der Waals surface area contributed by atoms with Gasteiger partial charge in [-0.25, -0.2) is 14.4 Å². The summed E-state index contributed by atoms with van der Waals surface area (Å²) in [7, 11) is 0. The lowest BCUT2D eigenvalue weighted by molar-refractivity contribution is -0.138. The van der Waals surface area contributed by atoms with Crippen LogP contribution in [0.4, 0.5) is 15.4 Å². The van der Waals surface area contributed by atoms with E-state index in [0.29, 0.717) is 18.5 Å². The summed E-state index contributed by atoms with van der Waals surface area (Å²) in [4.78, 5) is 57.8. The van der Waals surface area contributed by atoms with E-state index in [1.54, 1.807) is 51.8 Å². The smallest absolute Gasteiger partial charge is 0.408 e. The Bertz CT molecular complexity index is 1320. The van der Waals surface area contributed by atoms with Crippen LogP contribution >= 0.6 is 0 Å². The molecular weight excluding hydrogens is 504 g/mol. The van der Waals surface area contributed by atoms with Crippen molar-refractivity contribution in [3.05, 3.63) is 52.1 Å². The first kappa shape index (κ1) is 28.1. The maximum absolute atomic E-state index is 13.0. The van der Waals surface area contributed by atoms with E-state index in [4.69, 9.17) is 4.74 Å². The molecule has 0 spiro atoms. The molecule has 2 aromatic rings. The number of piperazine rings is 1. The van der Waals surface area contributed by atoms with Crippen LogP contribution in [0.15, 0.2) is 35.3 Å². The molecule has 2 aliphatic rings. The molecule has 1 atom stereocenters. The molecule has 1 aliphatic carbocycles. The van der Waals surface area contributed by atoms with E-state index in [9.17, 15) is 24.3 Å². The molecular formula is C27H36N6O6. The van der Waals surface area contributed by atoms with Crippen molar-refractivity contribution >= 4 is 23.8 Å². The Hall–Kier alpha value is -3.93. The highest BCUT2D eigenvalue weighted by molar-refractivity contribution is 5.90. The van der Waals surface area contributed by atoms with Crippen LogP contribution in [-0.2, 0) is 22.4 Å². The number of urea groups is 1. The number of anilines is 1. The van der Waals surface area contributed by atoms with Crippen LogP contribution in [0.1, 0.15) is 45.7 Å². The summed E-state index contributed by atoms with van der Waals surface area (Å²) >= 11 is 0. The number of aromatic nitrogens is 2. The van der Waals surface area contributed by atoms with Crippen LogP contribution in [0.2, 0.25) is 0 Å². The number of fused-ring (bicyclic) bond motifs is 1. The van der Waals surface area contributed by atoms with E-state index in [2.05, 4.69) is 15.6 Å². The normalized spacial score (nSPS) is 17.4. The number of aliphatic hydroxyl groups excluding tert-OH is 1. The van der Waals surface area contributed by atoms with Gasteiger partial charge in [-0.2, -0.15) is 4.98 Å². The molecule has 1 fully saturated rings. The summed E-state index contributed by atoms with van der Waals surface area (Å²) in [5.41, 5.74) is 0.310. The highest BCUT2D eigenvalue weighted by Gasteiger charge is 2.36. The fourth-order valence-corrected chi connectivity index (χ4v) is 4.71. The molecule has 0 radical (unpaired) electrons. The lowest BCUT2D eigenvalue weighted by Gasteiger charge is -2.38. The molecule has 1 saturated heterocycles. The van der Waals surface area contributed by atoms with Gasteiger partial charge >= 0.3 is 17.8 Å². The Kier molecular flexibility index (Phi) is 7.69. The summed E-state index contributed by atoms with van der Waals surface area (Å²) in [5, 5.41) is 15.1. The third-order valence-electron chi connectivity index (χ3n) is 6.62. The minimum absolute atomic E-state index is 0.124. The van der Waals surface area contributed by atoms with Crippen molar-refractivity contribution in [2.24, 2.45) is 0 Å². The van der Waals surface area contributed by atoms with Crippen LogP contribution < -0.4 is 16.3 Å². The number of carbonyl (C=O) groups excluding carboxylic acids is 3. The third kappa shape index (κ3) is 6.75. The van der Waals surface area contributed by atoms with Gasteiger partial charge in [0.25, 0.3) is 0 Å². The molecule has 1 unspecified atom stereocenters. The second kappa shape index (κ2) is 10.7. The summed E-state index contributed by atoms with van der Waals surface area (Å²) in [6.45, 7) is 9.57. The lowest BCUT2D eigenvalue weighted by atomic mass is 10.0. The minimum atomic E-state index is -1.18. The maximum Gasteiger partial charge on any atom is 0.408 e.